The van der Waals surface area contributed by atoms with E-state index in [4.69, 9.17) is 0 Å². The van der Waals surface area contributed by atoms with Crippen LogP contribution in [-0.4, -0.2) is 33.2 Å². The fraction of sp³-hybridized carbons (Fsp3) is 0.188. The number of nitrogens with one attached hydrogen (secondary N) is 2. The zero-order valence-electron chi connectivity index (χ0n) is 13.3. The molecule has 0 aliphatic rings. The minimum Gasteiger partial charge on any atom is -0.326 e. The van der Waals surface area contributed by atoms with Gasteiger partial charge in [0.15, 0.2) is 5.16 Å². The third-order valence-corrected chi connectivity index (χ3v) is 3.72. The molecule has 124 valence electrons. The van der Waals surface area contributed by atoms with Crippen LogP contribution in [-0.2, 0) is 9.59 Å². The van der Waals surface area contributed by atoms with Crippen molar-refractivity contribution in [3.05, 3.63) is 48.3 Å². The van der Waals surface area contributed by atoms with Crippen molar-refractivity contribution in [2.24, 2.45) is 5.10 Å². The maximum absolute atomic E-state index is 11.8. The number of hydrazone groups is 1. The van der Waals surface area contributed by atoms with E-state index < -0.39 is 0 Å². The Morgan fingerprint density at radius 3 is 2.42 bits per heavy atom. The summed E-state index contributed by atoms with van der Waals surface area (Å²) in [4.78, 5) is 30.8. The van der Waals surface area contributed by atoms with Crippen LogP contribution in [0.25, 0.3) is 0 Å². The molecule has 24 heavy (non-hydrogen) atoms. The number of hydrogen-bond acceptors (Lipinski definition) is 6. The van der Waals surface area contributed by atoms with Gasteiger partial charge in [0.05, 0.1) is 11.5 Å². The normalized spacial score (nSPS) is 11.0. The Balaban J connectivity index is 1.86. The number of aromatic nitrogens is 2. The summed E-state index contributed by atoms with van der Waals surface area (Å²) in [6, 6.07) is 8.92. The van der Waals surface area contributed by atoms with E-state index in [2.05, 4.69) is 25.8 Å². The predicted molar refractivity (Wildman–Crippen MR) is 93.9 cm³/mol. The number of amides is 2. The highest BCUT2D eigenvalue weighted by molar-refractivity contribution is 7.99. The summed E-state index contributed by atoms with van der Waals surface area (Å²) in [5.74, 6) is -0.176. The van der Waals surface area contributed by atoms with Gasteiger partial charge in [-0.2, -0.15) is 5.10 Å². The van der Waals surface area contributed by atoms with Gasteiger partial charge in [0.1, 0.15) is 0 Å². The molecule has 1 heterocycles. The number of benzene rings is 1. The molecule has 2 amide bonds. The summed E-state index contributed by atoms with van der Waals surface area (Å²) in [7, 11) is 0. The lowest BCUT2D eigenvalue weighted by atomic mass is 10.1. The van der Waals surface area contributed by atoms with E-state index in [1.54, 1.807) is 37.5 Å². The van der Waals surface area contributed by atoms with Gasteiger partial charge >= 0.3 is 0 Å². The van der Waals surface area contributed by atoms with E-state index in [1.165, 1.54) is 18.7 Å². The van der Waals surface area contributed by atoms with Crippen LogP contribution in [0.3, 0.4) is 0 Å². The fourth-order valence-electron chi connectivity index (χ4n) is 1.73. The maximum atomic E-state index is 11.8. The number of thioether (sulfide) groups is 1. The van der Waals surface area contributed by atoms with Crippen LogP contribution in [0.2, 0.25) is 0 Å². The molecule has 2 N–H and O–H groups in total. The molecule has 0 unspecified atom stereocenters. The minimum atomic E-state index is -0.235. The Morgan fingerprint density at radius 2 is 1.79 bits per heavy atom. The van der Waals surface area contributed by atoms with Gasteiger partial charge in [0.25, 0.3) is 5.91 Å². The van der Waals surface area contributed by atoms with Crippen LogP contribution in [0.5, 0.6) is 0 Å². The second kappa shape index (κ2) is 8.78. The third-order valence-electron chi connectivity index (χ3n) is 2.85. The Bertz CT molecular complexity index is 732. The molecule has 0 radical (unpaired) electrons. The van der Waals surface area contributed by atoms with Crippen LogP contribution in [0.15, 0.2) is 53.0 Å². The minimum absolute atomic E-state index is 0.125. The number of nitrogens with zero attached hydrogens (tertiary/aromatic N) is 3. The number of carbonyl (C=O) groups excluding carboxylic acids is 2. The van der Waals surface area contributed by atoms with Gasteiger partial charge in [-0.15, -0.1) is 0 Å². The van der Waals surface area contributed by atoms with Gasteiger partial charge < -0.3 is 5.32 Å². The van der Waals surface area contributed by atoms with Gasteiger partial charge in [-0.25, -0.2) is 15.4 Å². The van der Waals surface area contributed by atoms with Crippen LogP contribution in [0.1, 0.15) is 19.4 Å². The number of rotatable bonds is 6. The molecule has 8 heteroatoms. The first kappa shape index (κ1) is 17.6. The topological polar surface area (TPSA) is 96.3 Å². The zero-order chi connectivity index (χ0) is 17.4. The van der Waals surface area contributed by atoms with Crippen LogP contribution in [0, 0.1) is 0 Å². The molecule has 0 saturated heterocycles. The highest BCUT2D eigenvalue weighted by Crippen LogP contribution is 2.11. The molecule has 2 aromatic rings. The highest BCUT2D eigenvalue weighted by atomic mass is 32.2. The van der Waals surface area contributed by atoms with Gasteiger partial charge in [0, 0.05) is 25.0 Å². The Morgan fingerprint density at radius 1 is 1.12 bits per heavy atom. The smallest absolute Gasteiger partial charge is 0.250 e. The first-order valence-corrected chi connectivity index (χ1v) is 8.14. The van der Waals surface area contributed by atoms with Crippen molar-refractivity contribution in [3.63, 3.8) is 0 Å². The average molecular weight is 343 g/mol. The largest absolute Gasteiger partial charge is 0.326 e. The molecule has 2 rings (SSSR count). The van der Waals surface area contributed by atoms with Crippen molar-refractivity contribution in [2.75, 3.05) is 11.1 Å². The molecule has 1 aromatic heterocycles. The van der Waals surface area contributed by atoms with Crippen LogP contribution in [0.4, 0.5) is 5.69 Å². The first-order chi connectivity index (χ1) is 11.5. The second-order valence-corrected chi connectivity index (χ2v) is 5.75. The van der Waals surface area contributed by atoms with Crippen molar-refractivity contribution < 1.29 is 9.59 Å². The van der Waals surface area contributed by atoms with Gasteiger partial charge in [-0.1, -0.05) is 23.9 Å². The van der Waals surface area contributed by atoms with Crippen LogP contribution < -0.4 is 10.7 Å². The summed E-state index contributed by atoms with van der Waals surface area (Å²) in [5.41, 5.74) is 4.73. The van der Waals surface area contributed by atoms with Crippen molar-refractivity contribution in [1.29, 1.82) is 0 Å². The summed E-state index contributed by atoms with van der Waals surface area (Å²) in [6.45, 7) is 3.25. The van der Waals surface area contributed by atoms with Crippen molar-refractivity contribution in [2.45, 2.75) is 19.0 Å². The first-order valence-electron chi connectivity index (χ1n) is 7.15. The summed E-state index contributed by atoms with van der Waals surface area (Å²) in [6.07, 6.45) is 3.25. The van der Waals surface area contributed by atoms with E-state index >= 15 is 0 Å². The van der Waals surface area contributed by atoms with Gasteiger partial charge in [-0.05, 0) is 30.7 Å². The molecule has 0 aliphatic carbocycles. The SMILES string of the molecule is CC(=O)Nc1ccc(/C(C)=N/NC(=O)CSc2ncccn2)cc1. The lowest BCUT2D eigenvalue weighted by molar-refractivity contribution is -0.118. The molecule has 1 aromatic carbocycles. The van der Waals surface area contributed by atoms with E-state index in [1.807, 2.05) is 12.1 Å². The molecule has 7 nitrogen and oxygen atoms in total. The Kier molecular flexibility index (Phi) is 6.44. The Hall–Kier alpha value is -2.74. The van der Waals surface area contributed by atoms with E-state index in [9.17, 15) is 9.59 Å². The number of hydrogen-bond donors (Lipinski definition) is 2. The fourth-order valence-corrected chi connectivity index (χ4v) is 2.33. The molecule has 0 spiro atoms. The average Bonchev–Trinajstić information content (AvgIpc) is 2.59. The third kappa shape index (κ3) is 5.81. The maximum Gasteiger partial charge on any atom is 0.250 e. The monoisotopic (exact) mass is 343 g/mol. The highest BCUT2D eigenvalue weighted by Gasteiger charge is 2.04. The lowest BCUT2D eigenvalue weighted by Crippen LogP contribution is -2.21. The van der Waals surface area contributed by atoms with Crippen molar-refractivity contribution in [3.8, 4) is 0 Å². The standard InChI is InChI=1S/C16H17N5O2S/c1-11(13-4-6-14(7-5-13)19-12(2)22)20-21-15(23)10-24-16-17-8-3-9-18-16/h3-9H,10H2,1-2H3,(H,19,22)(H,21,23)/b20-11+. The number of anilines is 1. The Labute approximate surface area is 144 Å². The molecule has 0 saturated carbocycles. The molecular formula is C16H17N5O2S. The molecule has 0 fully saturated rings. The predicted octanol–water partition coefficient (Wildman–Crippen LogP) is 2.07. The molecule has 0 atom stereocenters. The van der Waals surface area contributed by atoms with E-state index in [0.717, 1.165) is 5.56 Å². The summed E-state index contributed by atoms with van der Waals surface area (Å²) in [5, 5.41) is 7.31. The molecule has 0 aliphatic heterocycles. The van der Waals surface area contributed by atoms with Gasteiger partial charge in [-0.3, -0.25) is 9.59 Å². The number of carbonyl (C=O) groups is 2. The second-order valence-electron chi connectivity index (χ2n) is 4.81. The summed E-state index contributed by atoms with van der Waals surface area (Å²) < 4.78 is 0. The van der Waals surface area contributed by atoms with Gasteiger partial charge in [0.2, 0.25) is 5.91 Å². The quantitative estimate of drug-likeness (QED) is 0.362. The van der Waals surface area contributed by atoms with Crippen molar-refractivity contribution >= 4 is 35.0 Å². The zero-order valence-corrected chi connectivity index (χ0v) is 14.1. The van der Waals surface area contributed by atoms with Crippen LogP contribution >= 0.6 is 11.8 Å². The van der Waals surface area contributed by atoms with E-state index in [-0.39, 0.29) is 17.6 Å². The van der Waals surface area contributed by atoms with Crippen molar-refractivity contribution in [1.82, 2.24) is 15.4 Å². The molecular weight excluding hydrogens is 326 g/mol. The summed E-state index contributed by atoms with van der Waals surface area (Å²) >= 11 is 1.24. The lowest BCUT2D eigenvalue weighted by Gasteiger charge is -2.05. The van der Waals surface area contributed by atoms with E-state index in [0.29, 0.717) is 16.6 Å². The molecule has 0 bridgehead atoms.